The summed E-state index contributed by atoms with van der Waals surface area (Å²) in [6.07, 6.45) is 5.41. The second-order valence-electron chi connectivity index (χ2n) is 15.2. The molecule has 9 rings (SSSR count). The van der Waals surface area contributed by atoms with Crippen molar-refractivity contribution in [2.24, 2.45) is 11.8 Å². The highest BCUT2D eigenvalue weighted by Gasteiger charge is 2.57. The minimum atomic E-state index is -0.885. The third kappa shape index (κ3) is 5.99. The Morgan fingerprint density at radius 1 is 0.462 bits per heavy atom. The van der Waals surface area contributed by atoms with E-state index in [4.69, 9.17) is 9.47 Å². The molecule has 1 fully saturated rings. The zero-order valence-electron chi connectivity index (χ0n) is 30.6. The molecular weight excluding hydrogens is 670 g/mol. The molecule has 0 aromatic heterocycles. The fourth-order valence-corrected chi connectivity index (χ4v) is 14.5. The molecule has 2 nitrogen and oxygen atoms in total. The maximum atomic E-state index is 7.71. The lowest BCUT2D eigenvalue weighted by molar-refractivity contribution is -0.225. The Labute approximate surface area is 311 Å². The van der Waals surface area contributed by atoms with Crippen LogP contribution < -0.4 is 41.3 Å². The molecule has 0 radical (unpaired) electrons. The molecule has 0 bridgehead atoms. The Balaban J connectivity index is 1.20. The van der Waals surface area contributed by atoms with E-state index in [1.165, 1.54) is 71.6 Å². The van der Waals surface area contributed by atoms with Gasteiger partial charge in [0.05, 0.1) is 0 Å². The van der Waals surface area contributed by atoms with E-state index in [-0.39, 0.29) is 0 Å². The van der Waals surface area contributed by atoms with Crippen molar-refractivity contribution in [1.29, 1.82) is 0 Å². The van der Waals surface area contributed by atoms with Crippen molar-refractivity contribution in [2.75, 3.05) is 0 Å². The van der Waals surface area contributed by atoms with Gasteiger partial charge in [0.15, 0.2) is 0 Å². The Morgan fingerprint density at radius 2 is 0.865 bits per heavy atom. The molecule has 6 aromatic rings. The van der Waals surface area contributed by atoms with Gasteiger partial charge in [0.1, 0.15) is 11.5 Å². The lowest BCUT2D eigenvalue weighted by atomic mass is 9.68. The van der Waals surface area contributed by atoms with Gasteiger partial charge >= 0.3 is 0 Å². The van der Waals surface area contributed by atoms with E-state index >= 15 is 0 Å². The van der Waals surface area contributed by atoms with E-state index in [1.807, 2.05) is 0 Å². The SMILES string of the molecule is Cc1cc(C)cc(P(c2cc(C)cc(C)c2)c2cccc3c2O[C@]24Oc5c(cccc5P(c5ccccc5)c5ccccc5)C[C@H]2CCC[C@@H]4C3)c1. The Morgan fingerprint density at radius 3 is 1.29 bits per heavy atom. The molecule has 1 aliphatic carbocycles. The Bertz CT molecular complexity index is 2130. The van der Waals surface area contributed by atoms with Crippen LogP contribution in [0.3, 0.4) is 0 Å². The molecule has 3 aliphatic rings. The number of fused-ring (bicyclic) bond motifs is 2. The van der Waals surface area contributed by atoms with Gasteiger partial charge in [-0.3, -0.25) is 0 Å². The van der Waals surface area contributed by atoms with Crippen LogP contribution >= 0.6 is 15.8 Å². The van der Waals surface area contributed by atoms with E-state index < -0.39 is 21.6 Å². The van der Waals surface area contributed by atoms with Crippen LogP contribution in [0.1, 0.15) is 52.6 Å². The van der Waals surface area contributed by atoms with Crippen molar-refractivity contribution in [3.8, 4) is 11.5 Å². The summed E-state index contributed by atoms with van der Waals surface area (Å²) < 4.78 is 15.4. The van der Waals surface area contributed by atoms with Crippen LogP contribution in [0.4, 0.5) is 0 Å². The molecule has 260 valence electrons. The normalized spacial score (nSPS) is 20.3. The van der Waals surface area contributed by atoms with E-state index in [0.29, 0.717) is 11.8 Å². The van der Waals surface area contributed by atoms with Crippen LogP contribution in [0.25, 0.3) is 0 Å². The van der Waals surface area contributed by atoms with Crippen molar-refractivity contribution in [1.82, 2.24) is 0 Å². The van der Waals surface area contributed by atoms with Crippen LogP contribution in [0.2, 0.25) is 0 Å². The average molecular weight is 717 g/mol. The van der Waals surface area contributed by atoms with Crippen molar-refractivity contribution >= 4 is 47.7 Å². The summed E-state index contributed by atoms with van der Waals surface area (Å²) in [6, 6.07) is 50.1. The predicted octanol–water partition coefficient (Wildman–Crippen LogP) is 9.12. The molecule has 52 heavy (non-hydrogen) atoms. The molecule has 6 aromatic carbocycles. The minimum Gasteiger partial charge on any atom is -0.451 e. The highest BCUT2D eigenvalue weighted by Crippen LogP contribution is 2.55. The third-order valence-corrected chi connectivity index (χ3v) is 16.1. The first kappa shape index (κ1) is 33.6. The monoisotopic (exact) mass is 716 g/mol. The quantitative estimate of drug-likeness (QED) is 0.160. The average Bonchev–Trinajstić information content (AvgIpc) is 3.13. The molecule has 0 amide bonds. The topological polar surface area (TPSA) is 18.5 Å². The highest BCUT2D eigenvalue weighted by molar-refractivity contribution is 7.80. The van der Waals surface area contributed by atoms with Crippen molar-refractivity contribution in [3.63, 3.8) is 0 Å². The summed E-state index contributed by atoms with van der Waals surface area (Å²) >= 11 is 0. The number of ether oxygens (including phenoxy) is 2. The van der Waals surface area contributed by atoms with Gasteiger partial charge in [-0.2, -0.15) is 0 Å². The smallest absolute Gasteiger partial charge is 0.257 e. The lowest BCUT2D eigenvalue weighted by Gasteiger charge is -2.54. The number of benzene rings is 6. The Kier molecular flexibility index (Phi) is 8.82. The zero-order chi connectivity index (χ0) is 35.4. The maximum absolute atomic E-state index is 7.71. The van der Waals surface area contributed by atoms with Gasteiger partial charge in [0.2, 0.25) is 0 Å². The third-order valence-electron chi connectivity index (χ3n) is 11.3. The summed E-state index contributed by atoms with van der Waals surface area (Å²) in [5.74, 6) is 2.00. The highest BCUT2D eigenvalue weighted by atomic mass is 31.1. The molecule has 4 heteroatoms. The summed E-state index contributed by atoms with van der Waals surface area (Å²) in [5.41, 5.74) is 7.86. The first-order valence-corrected chi connectivity index (χ1v) is 21.5. The number of para-hydroxylation sites is 2. The van der Waals surface area contributed by atoms with Gasteiger partial charge < -0.3 is 9.47 Å². The first-order valence-electron chi connectivity index (χ1n) is 18.8. The van der Waals surface area contributed by atoms with Gasteiger partial charge in [-0.05, 0) is 102 Å². The molecule has 0 N–H and O–H groups in total. The fraction of sp³-hybridized carbons (Fsp3) is 0.250. The van der Waals surface area contributed by atoms with E-state index in [0.717, 1.165) is 37.2 Å². The number of hydrogen-bond donors (Lipinski definition) is 0. The van der Waals surface area contributed by atoms with Gasteiger partial charge in [0.25, 0.3) is 5.79 Å². The van der Waals surface area contributed by atoms with E-state index in [1.54, 1.807) is 0 Å². The number of hydrogen-bond acceptors (Lipinski definition) is 2. The molecule has 2 aliphatic heterocycles. The van der Waals surface area contributed by atoms with Crippen molar-refractivity contribution in [2.45, 2.75) is 65.6 Å². The minimum absolute atomic E-state index is 0.295. The van der Waals surface area contributed by atoms with Gasteiger partial charge in [-0.15, -0.1) is 0 Å². The van der Waals surface area contributed by atoms with Gasteiger partial charge in [0, 0.05) is 22.4 Å². The number of aryl methyl sites for hydroxylation is 4. The second-order valence-corrected chi connectivity index (χ2v) is 19.6. The van der Waals surface area contributed by atoms with Gasteiger partial charge in [-0.1, -0.05) is 162 Å². The van der Waals surface area contributed by atoms with Crippen LogP contribution in [0, 0.1) is 39.5 Å². The van der Waals surface area contributed by atoms with E-state index in [9.17, 15) is 0 Å². The standard InChI is InChI=1S/C48H46O2P2/c1-32-24-33(2)27-42(26-32)52(43-28-34(3)25-35(4)29-43)45-23-12-15-37-31-39-17-13-16-38-30-36-14-11-22-44(46(36)49-48(38,39)50-47(37)45)51(40-18-7-5-8-19-40)41-20-9-6-10-21-41/h5-12,14-15,18-29,38-39H,13,16-17,30-31H2,1-4H3/t38-,39-,48-/m1/s1. The summed E-state index contributed by atoms with van der Waals surface area (Å²) in [7, 11) is -1.72. The van der Waals surface area contributed by atoms with Gasteiger partial charge in [-0.25, -0.2) is 0 Å². The maximum Gasteiger partial charge on any atom is 0.257 e. The molecule has 1 spiro atoms. The summed E-state index contributed by atoms with van der Waals surface area (Å²) in [5, 5.41) is 8.02. The van der Waals surface area contributed by atoms with Crippen molar-refractivity contribution in [3.05, 3.63) is 167 Å². The molecule has 1 saturated carbocycles. The van der Waals surface area contributed by atoms with Crippen LogP contribution in [-0.2, 0) is 12.8 Å². The van der Waals surface area contributed by atoms with Crippen LogP contribution in [-0.4, -0.2) is 5.79 Å². The van der Waals surface area contributed by atoms with Crippen LogP contribution in [0.5, 0.6) is 11.5 Å². The lowest BCUT2D eigenvalue weighted by Crippen LogP contribution is -2.62. The largest absolute Gasteiger partial charge is 0.451 e. The summed E-state index contributed by atoms with van der Waals surface area (Å²) in [6.45, 7) is 8.90. The Hall–Kier alpha value is -4.22. The molecular formula is C48H46O2P2. The van der Waals surface area contributed by atoms with Crippen LogP contribution in [0.15, 0.2) is 133 Å². The van der Waals surface area contributed by atoms with E-state index in [2.05, 4.69) is 161 Å². The fourth-order valence-electron chi connectivity index (χ4n) is 9.26. The number of rotatable bonds is 6. The molecule has 0 unspecified atom stereocenters. The van der Waals surface area contributed by atoms with Crippen molar-refractivity contribution < 1.29 is 9.47 Å². The molecule has 2 heterocycles. The predicted molar refractivity (Wildman–Crippen MR) is 221 cm³/mol. The zero-order valence-corrected chi connectivity index (χ0v) is 32.4. The molecule has 3 atom stereocenters. The summed E-state index contributed by atoms with van der Waals surface area (Å²) in [4.78, 5) is 0. The molecule has 0 saturated heterocycles. The second kappa shape index (κ2) is 13.6. The first-order chi connectivity index (χ1) is 25.4.